The Hall–Kier alpha value is -1.49. The number of allylic oxidation sites excluding steroid dienone is 1. The van der Waals surface area contributed by atoms with Crippen LogP contribution in [0.2, 0.25) is 0 Å². The Morgan fingerprint density at radius 1 is 1.47 bits per heavy atom. The van der Waals surface area contributed by atoms with Crippen LogP contribution in [-0.2, 0) is 9.59 Å². The largest absolute Gasteiger partial charge is 0.302 e. The highest BCUT2D eigenvalue weighted by Gasteiger charge is 2.49. The van der Waals surface area contributed by atoms with Crippen LogP contribution in [0.3, 0.4) is 0 Å². The van der Waals surface area contributed by atoms with Gasteiger partial charge >= 0.3 is 0 Å². The molecule has 0 bridgehead atoms. The second-order valence-electron chi connectivity index (χ2n) is 3.42. The molecule has 1 fully saturated rings. The lowest BCUT2D eigenvalue weighted by Gasteiger charge is -2.34. The van der Waals surface area contributed by atoms with Gasteiger partial charge in [-0.2, -0.15) is 0 Å². The Morgan fingerprint density at radius 2 is 1.93 bits per heavy atom. The fraction of sp³-hybridized carbons (Fsp3) is 0.300. The summed E-state index contributed by atoms with van der Waals surface area (Å²) >= 11 is 4.71. The maximum Gasteiger partial charge on any atom is 0.246 e. The monoisotopic (exact) mass is 224 g/mol. The van der Waals surface area contributed by atoms with Crippen molar-refractivity contribution in [1.29, 1.82) is 0 Å². The third kappa shape index (κ3) is 1.70. The second kappa shape index (κ2) is 3.94. The van der Waals surface area contributed by atoms with Gasteiger partial charge in [0.1, 0.15) is 0 Å². The van der Waals surface area contributed by atoms with Gasteiger partial charge < -0.3 is 10.6 Å². The standard InChI is InChI=1S/C10H12N2O2S/c1-4-5-10(6(2)3)7(13)11-9(15)12-8(10)14/h4H,1-2,5H2,3H3,(H2,11,12,13,14,15). The number of nitrogens with one attached hydrogen (secondary N) is 2. The lowest BCUT2D eigenvalue weighted by Crippen LogP contribution is -2.62. The SMILES string of the molecule is C=CCC1(C(=C)C)C(=O)NC(=S)NC1=O. The van der Waals surface area contributed by atoms with Gasteiger partial charge in [-0.3, -0.25) is 9.59 Å². The first-order valence-electron chi connectivity index (χ1n) is 4.39. The number of thiocarbonyl (C=S) groups is 1. The number of rotatable bonds is 3. The van der Waals surface area contributed by atoms with Crippen molar-refractivity contribution in [2.75, 3.05) is 0 Å². The molecular weight excluding hydrogens is 212 g/mol. The minimum absolute atomic E-state index is 0.0333. The lowest BCUT2D eigenvalue weighted by molar-refractivity contribution is -0.140. The summed E-state index contributed by atoms with van der Waals surface area (Å²) in [6.45, 7) is 8.85. The zero-order valence-electron chi connectivity index (χ0n) is 8.42. The van der Waals surface area contributed by atoms with E-state index < -0.39 is 17.2 Å². The van der Waals surface area contributed by atoms with E-state index in [-0.39, 0.29) is 11.5 Å². The smallest absolute Gasteiger partial charge is 0.246 e. The summed E-state index contributed by atoms with van der Waals surface area (Å²) in [5.74, 6) is -0.882. The molecule has 4 nitrogen and oxygen atoms in total. The highest BCUT2D eigenvalue weighted by Crippen LogP contribution is 2.33. The molecule has 0 aromatic rings. The molecule has 0 atom stereocenters. The molecule has 0 spiro atoms. The Morgan fingerprint density at radius 3 is 2.27 bits per heavy atom. The molecule has 0 aliphatic carbocycles. The molecule has 1 aliphatic rings. The second-order valence-corrected chi connectivity index (χ2v) is 3.82. The van der Waals surface area contributed by atoms with Crippen LogP contribution >= 0.6 is 12.2 Å². The Bertz CT molecular complexity index is 354. The number of carbonyl (C=O) groups is 2. The van der Waals surface area contributed by atoms with E-state index in [1.54, 1.807) is 6.92 Å². The van der Waals surface area contributed by atoms with Crippen LogP contribution in [-0.4, -0.2) is 16.9 Å². The Labute approximate surface area is 93.4 Å². The summed E-state index contributed by atoms with van der Waals surface area (Å²) in [6.07, 6.45) is 1.73. The normalized spacial score (nSPS) is 19.1. The van der Waals surface area contributed by atoms with Crippen molar-refractivity contribution < 1.29 is 9.59 Å². The highest BCUT2D eigenvalue weighted by atomic mass is 32.1. The van der Waals surface area contributed by atoms with Gasteiger partial charge in [0, 0.05) is 0 Å². The fourth-order valence-electron chi connectivity index (χ4n) is 1.52. The summed E-state index contributed by atoms with van der Waals surface area (Å²) in [5.41, 5.74) is -0.802. The van der Waals surface area contributed by atoms with Gasteiger partial charge in [0.05, 0.1) is 0 Å². The average Bonchev–Trinajstić information content (AvgIpc) is 2.10. The van der Waals surface area contributed by atoms with E-state index in [1.807, 2.05) is 0 Å². The summed E-state index contributed by atoms with van der Waals surface area (Å²) in [7, 11) is 0. The Kier molecular flexibility index (Phi) is 3.04. The maximum atomic E-state index is 11.8. The van der Waals surface area contributed by atoms with Crippen LogP contribution in [0.25, 0.3) is 0 Å². The van der Waals surface area contributed by atoms with Crippen molar-refractivity contribution in [2.45, 2.75) is 13.3 Å². The molecule has 1 aliphatic heterocycles. The van der Waals surface area contributed by atoms with Crippen LogP contribution < -0.4 is 10.6 Å². The number of carbonyl (C=O) groups excluding carboxylic acids is 2. The maximum absolute atomic E-state index is 11.8. The third-order valence-electron chi connectivity index (χ3n) is 2.41. The molecule has 0 aromatic carbocycles. The minimum Gasteiger partial charge on any atom is -0.302 e. The van der Waals surface area contributed by atoms with E-state index in [4.69, 9.17) is 12.2 Å². The van der Waals surface area contributed by atoms with E-state index >= 15 is 0 Å². The van der Waals surface area contributed by atoms with Crippen molar-refractivity contribution in [1.82, 2.24) is 10.6 Å². The van der Waals surface area contributed by atoms with E-state index in [0.717, 1.165) is 0 Å². The van der Waals surface area contributed by atoms with Gasteiger partial charge in [0.25, 0.3) is 0 Å². The van der Waals surface area contributed by atoms with Crippen LogP contribution in [0.15, 0.2) is 24.8 Å². The van der Waals surface area contributed by atoms with Crippen LogP contribution in [0, 0.1) is 5.41 Å². The first-order valence-corrected chi connectivity index (χ1v) is 4.79. The molecule has 0 saturated carbocycles. The number of amides is 2. The quantitative estimate of drug-likeness (QED) is 0.420. The zero-order valence-corrected chi connectivity index (χ0v) is 9.24. The third-order valence-corrected chi connectivity index (χ3v) is 2.61. The molecule has 80 valence electrons. The van der Waals surface area contributed by atoms with E-state index in [1.165, 1.54) is 6.08 Å². The van der Waals surface area contributed by atoms with Crippen molar-refractivity contribution >= 4 is 29.1 Å². The molecule has 1 heterocycles. The van der Waals surface area contributed by atoms with E-state index in [2.05, 4.69) is 23.8 Å². The van der Waals surface area contributed by atoms with Crippen molar-refractivity contribution in [2.24, 2.45) is 5.41 Å². The van der Waals surface area contributed by atoms with Crippen molar-refractivity contribution in [3.63, 3.8) is 0 Å². The molecule has 2 amide bonds. The van der Waals surface area contributed by atoms with Crippen LogP contribution in [0.4, 0.5) is 0 Å². The molecule has 1 rings (SSSR count). The first kappa shape index (κ1) is 11.6. The van der Waals surface area contributed by atoms with Gasteiger partial charge in [-0.15, -0.1) is 6.58 Å². The van der Waals surface area contributed by atoms with Gasteiger partial charge in [0.2, 0.25) is 11.8 Å². The number of hydrogen-bond donors (Lipinski definition) is 2. The summed E-state index contributed by atoms with van der Waals surface area (Å²) in [5, 5.41) is 4.87. The summed E-state index contributed by atoms with van der Waals surface area (Å²) in [6, 6.07) is 0. The van der Waals surface area contributed by atoms with E-state index in [0.29, 0.717) is 5.57 Å². The van der Waals surface area contributed by atoms with Crippen molar-refractivity contribution in [3.05, 3.63) is 24.8 Å². The molecule has 0 radical (unpaired) electrons. The van der Waals surface area contributed by atoms with E-state index in [9.17, 15) is 9.59 Å². The predicted octanol–water partition coefficient (Wildman–Crippen LogP) is 0.656. The molecule has 1 saturated heterocycles. The van der Waals surface area contributed by atoms with Gasteiger partial charge in [-0.25, -0.2) is 0 Å². The van der Waals surface area contributed by atoms with Gasteiger partial charge in [0.15, 0.2) is 10.5 Å². The molecule has 2 N–H and O–H groups in total. The fourth-order valence-corrected chi connectivity index (χ4v) is 1.70. The molecule has 0 aromatic heterocycles. The lowest BCUT2D eigenvalue weighted by atomic mass is 9.75. The molecule has 15 heavy (non-hydrogen) atoms. The predicted molar refractivity (Wildman–Crippen MR) is 60.9 cm³/mol. The highest BCUT2D eigenvalue weighted by molar-refractivity contribution is 7.80. The molecule has 0 unspecified atom stereocenters. The van der Waals surface area contributed by atoms with Crippen LogP contribution in [0.5, 0.6) is 0 Å². The average molecular weight is 224 g/mol. The zero-order chi connectivity index (χ0) is 11.6. The van der Waals surface area contributed by atoms with Crippen LogP contribution in [0.1, 0.15) is 13.3 Å². The topological polar surface area (TPSA) is 58.2 Å². The molecule has 5 heteroatoms. The summed E-state index contributed by atoms with van der Waals surface area (Å²) < 4.78 is 0. The van der Waals surface area contributed by atoms with Crippen molar-refractivity contribution in [3.8, 4) is 0 Å². The number of hydrogen-bond acceptors (Lipinski definition) is 3. The first-order chi connectivity index (χ1) is 6.95. The minimum atomic E-state index is -1.27. The van der Waals surface area contributed by atoms with Gasteiger partial charge in [-0.1, -0.05) is 18.2 Å². The Balaban J connectivity index is 3.20. The molecular formula is C10H12N2O2S. The summed E-state index contributed by atoms with van der Waals surface area (Å²) in [4.78, 5) is 23.6. The van der Waals surface area contributed by atoms with Gasteiger partial charge in [-0.05, 0) is 25.6 Å².